The van der Waals surface area contributed by atoms with Crippen molar-refractivity contribution in [2.45, 2.75) is 20.8 Å². The van der Waals surface area contributed by atoms with Crippen molar-refractivity contribution in [3.63, 3.8) is 0 Å². The Hall–Kier alpha value is -3.08. The van der Waals surface area contributed by atoms with Crippen molar-refractivity contribution in [3.8, 4) is 22.8 Å². The molecule has 0 spiro atoms. The molecule has 5 heteroatoms. The predicted octanol–water partition coefficient (Wildman–Crippen LogP) is 4.71. The highest BCUT2D eigenvalue weighted by Gasteiger charge is 2.17. The number of carbonyl (C=O) groups is 1. The van der Waals surface area contributed by atoms with Crippen molar-refractivity contribution in [3.05, 3.63) is 53.6 Å². The van der Waals surface area contributed by atoms with Crippen LogP contribution in [0.1, 0.15) is 29.8 Å². The van der Waals surface area contributed by atoms with Crippen molar-refractivity contribution in [2.24, 2.45) is 0 Å². The maximum absolute atomic E-state index is 11.8. The summed E-state index contributed by atoms with van der Waals surface area (Å²) in [5, 5.41) is 10.2. The summed E-state index contributed by atoms with van der Waals surface area (Å²) in [6.45, 7) is 6.69. The van der Waals surface area contributed by atoms with Crippen molar-refractivity contribution in [1.29, 1.82) is 0 Å². The van der Waals surface area contributed by atoms with Crippen molar-refractivity contribution in [1.82, 2.24) is 4.98 Å². The van der Waals surface area contributed by atoms with Gasteiger partial charge in [0, 0.05) is 17.0 Å². The number of hydrogen-bond donors (Lipinski definition) is 1. The number of aromatic nitrogens is 1. The molecule has 0 aliphatic heterocycles. The number of aromatic carboxylic acids is 1. The maximum Gasteiger partial charge on any atom is 0.336 e. The first-order valence-corrected chi connectivity index (χ1v) is 8.58. The molecule has 0 amide bonds. The van der Waals surface area contributed by atoms with E-state index in [1.165, 1.54) is 0 Å². The zero-order valence-electron chi connectivity index (χ0n) is 15.1. The van der Waals surface area contributed by atoms with Crippen LogP contribution in [-0.2, 0) is 0 Å². The van der Waals surface area contributed by atoms with Gasteiger partial charge in [-0.3, -0.25) is 0 Å². The summed E-state index contributed by atoms with van der Waals surface area (Å²) in [6.07, 6.45) is 0. The van der Waals surface area contributed by atoms with E-state index in [9.17, 15) is 9.90 Å². The Balaban J connectivity index is 2.27. The van der Waals surface area contributed by atoms with Gasteiger partial charge < -0.3 is 14.6 Å². The van der Waals surface area contributed by atoms with E-state index in [0.29, 0.717) is 41.3 Å². The van der Waals surface area contributed by atoms with Crippen LogP contribution in [0.3, 0.4) is 0 Å². The van der Waals surface area contributed by atoms with Gasteiger partial charge >= 0.3 is 5.97 Å². The molecule has 5 nitrogen and oxygen atoms in total. The number of pyridine rings is 1. The van der Waals surface area contributed by atoms with Gasteiger partial charge in [0.1, 0.15) is 0 Å². The smallest absolute Gasteiger partial charge is 0.336 e. The molecular formula is C21H21NO4. The van der Waals surface area contributed by atoms with Gasteiger partial charge in [-0.25, -0.2) is 9.78 Å². The highest BCUT2D eigenvalue weighted by atomic mass is 16.5. The summed E-state index contributed by atoms with van der Waals surface area (Å²) in [6, 6.07) is 12.9. The zero-order chi connectivity index (χ0) is 18.7. The standard InChI is InChI=1S/C21H21NO4/c1-4-25-19-11-15-16(21(23)24)10-17(14-8-6-7-13(3)9-14)22-18(15)12-20(19)26-5-2/h6-12H,4-5H2,1-3H3,(H,23,24). The molecule has 3 rings (SSSR count). The van der Waals surface area contributed by atoms with Crippen LogP contribution in [0, 0.1) is 6.92 Å². The molecular weight excluding hydrogens is 330 g/mol. The quantitative estimate of drug-likeness (QED) is 0.697. The van der Waals surface area contributed by atoms with Crippen LogP contribution in [0.4, 0.5) is 0 Å². The Morgan fingerprint density at radius 2 is 1.73 bits per heavy atom. The van der Waals surface area contributed by atoms with Crippen molar-refractivity contribution in [2.75, 3.05) is 13.2 Å². The molecule has 3 aromatic rings. The average Bonchev–Trinajstić information content (AvgIpc) is 2.61. The van der Waals surface area contributed by atoms with Crippen LogP contribution in [-0.4, -0.2) is 29.3 Å². The number of rotatable bonds is 6. The Labute approximate surface area is 152 Å². The van der Waals surface area contributed by atoms with E-state index >= 15 is 0 Å². The molecule has 26 heavy (non-hydrogen) atoms. The van der Waals surface area contributed by atoms with Crippen LogP contribution in [0.5, 0.6) is 11.5 Å². The average molecular weight is 351 g/mol. The van der Waals surface area contributed by atoms with E-state index in [2.05, 4.69) is 4.98 Å². The predicted molar refractivity (Wildman–Crippen MR) is 101 cm³/mol. The maximum atomic E-state index is 11.8. The normalized spacial score (nSPS) is 10.7. The lowest BCUT2D eigenvalue weighted by atomic mass is 10.0. The number of nitrogens with zero attached hydrogens (tertiary/aromatic N) is 1. The Morgan fingerprint density at radius 3 is 2.35 bits per heavy atom. The second-order valence-electron chi connectivity index (χ2n) is 5.91. The molecule has 0 aliphatic carbocycles. The summed E-state index contributed by atoms with van der Waals surface area (Å²) in [7, 11) is 0. The second kappa shape index (κ2) is 7.44. The van der Waals surface area contributed by atoms with Crippen LogP contribution >= 0.6 is 0 Å². The lowest BCUT2D eigenvalue weighted by Crippen LogP contribution is -2.03. The zero-order valence-corrected chi connectivity index (χ0v) is 15.1. The molecule has 2 aromatic carbocycles. The molecule has 0 unspecified atom stereocenters. The summed E-state index contributed by atoms with van der Waals surface area (Å²) >= 11 is 0. The molecule has 0 fully saturated rings. The lowest BCUT2D eigenvalue weighted by Gasteiger charge is -2.14. The topological polar surface area (TPSA) is 68.7 Å². The Morgan fingerprint density at radius 1 is 1.04 bits per heavy atom. The van der Waals surface area contributed by atoms with Gasteiger partial charge in [0.25, 0.3) is 0 Å². The van der Waals surface area contributed by atoms with Crippen LogP contribution in [0.2, 0.25) is 0 Å². The van der Waals surface area contributed by atoms with Gasteiger partial charge in [-0.2, -0.15) is 0 Å². The second-order valence-corrected chi connectivity index (χ2v) is 5.91. The number of fused-ring (bicyclic) bond motifs is 1. The summed E-state index contributed by atoms with van der Waals surface area (Å²) in [4.78, 5) is 16.5. The molecule has 0 atom stereocenters. The van der Waals surface area contributed by atoms with Gasteiger partial charge in [0.15, 0.2) is 11.5 Å². The van der Waals surface area contributed by atoms with E-state index in [4.69, 9.17) is 9.47 Å². The number of carboxylic acids is 1. The fourth-order valence-electron chi connectivity index (χ4n) is 2.90. The first kappa shape index (κ1) is 17.7. The first-order valence-electron chi connectivity index (χ1n) is 8.58. The van der Waals surface area contributed by atoms with Gasteiger partial charge in [-0.05, 0) is 39.0 Å². The van der Waals surface area contributed by atoms with Gasteiger partial charge in [-0.15, -0.1) is 0 Å². The lowest BCUT2D eigenvalue weighted by molar-refractivity contribution is 0.0699. The highest BCUT2D eigenvalue weighted by Crippen LogP contribution is 2.35. The van der Waals surface area contributed by atoms with Crippen molar-refractivity contribution >= 4 is 16.9 Å². The van der Waals surface area contributed by atoms with Gasteiger partial charge in [-0.1, -0.05) is 23.8 Å². The fraction of sp³-hybridized carbons (Fsp3) is 0.238. The summed E-state index contributed by atoms with van der Waals surface area (Å²) < 4.78 is 11.3. The third-order valence-electron chi connectivity index (χ3n) is 4.02. The van der Waals surface area contributed by atoms with Crippen molar-refractivity contribution < 1.29 is 19.4 Å². The Kier molecular flexibility index (Phi) is 5.07. The molecule has 1 heterocycles. The number of carboxylic acid groups (broad SMARTS) is 1. The third-order valence-corrected chi connectivity index (χ3v) is 4.02. The molecule has 1 aromatic heterocycles. The third kappa shape index (κ3) is 3.47. The van der Waals surface area contributed by atoms with Crippen LogP contribution in [0.25, 0.3) is 22.2 Å². The largest absolute Gasteiger partial charge is 0.490 e. The minimum absolute atomic E-state index is 0.190. The van der Waals surface area contributed by atoms with E-state index in [1.54, 1.807) is 18.2 Å². The molecule has 0 saturated carbocycles. The van der Waals surface area contributed by atoms with Gasteiger partial charge in [0.2, 0.25) is 0 Å². The molecule has 0 saturated heterocycles. The van der Waals surface area contributed by atoms with E-state index in [1.807, 2.05) is 45.0 Å². The highest BCUT2D eigenvalue weighted by molar-refractivity contribution is 6.04. The SMILES string of the molecule is CCOc1cc2nc(-c3cccc(C)c3)cc(C(=O)O)c2cc1OCC. The monoisotopic (exact) mass is 351 g/mol. The number of ether oxygens (including phenoxy) is 2. The van der Waals surface area contributed by atoms with Gasteiger partial charge in [0.05, 0.1) is 30.0 Å². The first-order chi connectivity index (χ1) is 12.5. The minimum atomic E-state index is -1.00. The molecule has 0 bridgehead atoms. The number of hydrogen-bond acceptors (Lipinski definition) is 4. The summed E-state index contributed by atoms with van der Waals surface area (Å²) in [5.41, 5.74) is 3.33. The van der Waals surface area contributed by atoms with E-state index in [0.717, 1.165) is 11.1 Å². The van der Waals surface area contributed by atoms with E-state index in [-0.39, 0.29) is 5.56 Å². The molecule has 0 radical (unpaired) electrons. The van der Waals surface area contributed by atoms with Crippen LogP contribution < -0.4 is 9.47 Å². The Bertz CT molecular complexity index is 966. The fourth-order valence-corrected chi connectivity index (χ4v) is 2.90. The molecule has 134 valence electrons. The number of aryl methyl sites for hydroxylation is 1. The molecule has 0 aliphatic rings. The minimum Gasteiger partial charge on any atom is -0.490 e. The molecule has 1 N–H and O–H groups in total. The van der Waals surface area contributed by atoms with Crippen LogP contribution in [0.15, 0.2) is 42.5 Å². The van der Waals surface area contributed by atoms with E-state index < -0.39 is 5.97 Å². The summed E-state index contributed by atoms with van der Waals surface area (Å²) in [5.74, 6) is 0.0828. The number of benzene rings is 2.